The minimum atomic E-state index is -1.14. The molecule has 0 aliphatic rings. The second-order valence-corrected chi connectivity index (χ2v) is 3.97. The molecule has 0 spiro atoms. The first-order valence-corrected chi connectivity index (χ1v) is 5.79. The van der Waals surface area contributed by atoms with Gasteiger partial charge in [0.2, 0.25) is 6.10 Å². The summed E-state index contributed by atoms with van der Waals surface area (Å²) in [6.45, 7) is 3.11. The highest BCUT2D eigenvalue weighted by molar-refractivity contribution is 9.10. The van der Waals surface area contributed by atoms with Crippen molar-refractivity contribution in [3.63, 3.8) is 0 Å². The van der Waals surface area contributed by atoms with Gasteiger partial charge in [-0.1, -0.05) is 0 Å². The Bertz CT molecular complexity index is 422. The number of rotatable bonds is 4. The zero-order valence-electron chi connectivity index (χ0n) is 9.47. The summed E-state index contributed by atoms with van der Waals surface area (Å²) in [6.07, 6.45) is 0.374. The van der Waals surface area contributed by atoms with Crippen molar-refractivity contribution in [2.24, 2.45) is 0 Å². The Labute approximate surface area is 107 Å². The van der Waals surface area contributed by atoms with E-state index in [2.05, 4.69) is 20.9 Å². The van der Waals surface area contributed by atoms with Crippen molar-refractivity contribution in [2.45, 2.75) is 20.0 Å². The number of ether oxygens (including phenoxy) is 2. The van der Waals surface area contributed by atoms with E-state index in [1.807, 2.05) is 0 Å². The van der Waals surface area contributed by atoms with Gasteiger partial charge in [0, 0.05) is 17.6 Å². The lowest BCUT2D eigenvalue weighted by Gasteiger charge is -2.15. The van der Waals surface area contributed by atoms with E-state index in [-0.39, 0.29) is 6.61 Å². The number of halogens is 1. The average Bonchev–Trinajstić information content (AvgIpc) is 2.27. The van der Waals surface area contributed by atoms with E-state index in [4.69, 9.17) is 9.47 Å². The van der Waals surface area contributed by atoms with E-state index in [1.165, 1.54) is 13.1 Å². The summed E-state index contributed by atoms with van der Waals surface area (Å²) < 4.78 is 10.3. The molecule has 0 aliphatic carbocycles. The van der Waals surface area contributed by atoms with Crippen LogP contribution in [0.2, 0.25) is 0 Å². The van der Waals surface area contributed by atoms with Crippen molar-refractivity contribution < 1.29 is 19.1 Å². The lowest BCUT2D eigenvalue weighted by atomic mass is 10.2. The Morgan fingerprint density at radius 2 is 2.24 bits per heavy atom. The summed E-state index contributed by atoms with van der Waals surface area (Å²) in [5, 5.41) is 0. The SMILES string of the molecule is CCOC(=O)C(OC(C)=O)c1ncccc1Br. The molecule has 0 saturated carbocycles. The lowest BCUT2D eigenvalue weighted by molar-refractivity contribution is -0.167. The quantitative estimate of drug-likeness (QED) is 0.796. The summed E-state index contributed by atoms with van der Waals surface area (Å²) in [4.78, 5) is 26.7. The number of hydrogen-bond donors (Lipinski definition) is 0. The molecule has 0 radical (unpaired) electrons. The Morgan fingerprint density at radius 1 is 1.53 bits per heavy atom. The van der Waals surface area contributed by atoms with Gasteiger partial charge in [-0.15, -0.1) is 0 Å². The molecule has 1 aromatic rings. The summed E-state index contributed by atoms with van der Waals surface area (Å²) in [6, 6.07) is 3.40. The zero-order valence-corrected chi connectivity index (χ0v) is 11.1. The molecular formula is C11H12BrNO4. The zero-order chi connectivity index (χ0) is 12.8. The van der Waals surface area contributed by atoms with Crippen molar-refractivity contribution in [2.75, 3.05) is 6.61 Å². The highest BCUT2D eigenvalue weighted by Crippen LogP contribution is 2.25. The van der Waals surface area contributed by atoms with Gasteiger partial charge in [0.25, 0.3) is 0 Å². The standard InChI is InChI=1S/C11H12BrNO4/c1-3-16-11(15)10(17-7(2)14)9-8(12)5-4-6-13-9/h4-6,10H,3H2,1-2H3. The Kier molecular flexibility index (Phi) is 5.09. The van der Waals surface area contributed by atoms with Crippen LogP contribution in [0.5, 0.6) is 0 Å². The molecule has 0 bridgehead atoms. The molecule has 5 nitrogen and oxygen atoms in total. The van der Waals surface area contributed by atoms with Crippen LogP contribution < -0.4 is 0 Å². The third-order valence-corrected chi connectivity index (χ3v) is 2.49. The fourth-order valence-corrected chi connectivity index (χ4v) is 1.65. The predicted molar refractivity (Wildman–Crippen MR) is 63.1 cm³/mol. The highest BCUT2D eigenvalue weighted by atomic mass is 79.9. The van der Waals surface area contributed by atoms with Gasteiger partial charge in [0.1, 0.15) is 5.69 Å². The molecule has 17 heavy (non-hydrogen) atoms. The minimum Gasteiger partial charge on any atom is -0.463 e. The van der Waals surface area contributed by atoms with Crippen LogP contribution in [0.15, 0.2) is 22.8 Å². The van der Waals surface area contributed by atoms with Gasteiger partial charge >= 0.3 is 11.9 Å². The lowest BCUT2D eigenvalue weighted by Crippen LogP contribution is -2.22. The summed E-state index contributed by atoms with van der Waals surface area (Å²) >= 11 is 3.24. The number of aromatic nitrogens is 1. The molecule has 0 N–H and O–H groups in total. The van der Waals surface area contributed by atoms with E-state index < -0.39 is 18.0 Å². The van der Waals surface area contributed by atoms with Gasteiger partial charge in [-0.3, -0.25) is 9.78 Å². The van der Waals surface area contributed by atoms with Gasteiger partial charge in [0.15, 0.2) is 0 Å². The number of hydrogen-bond acceptors (Lipinski definition) is 5. The van der Waals surface area contributed by atoms with Gasteiger partial charge in [0.05, 0.1) is 6.61 Å². The predicted octanol–water partition coefficient (Wildman–Crippen LogP) is 2.01. The monoisotopic (exact) mass is 301 g/mol. The Balaban J connectivity index is 3.01. The van der Waals surface area contributed by atoms with Crippen molar-refractivity contribution in [3.05, 3.63) is 28.5 Å². The Morgan fingerprint density at radius 3 is 2.76 bits per heavy atom. The number of carbonyl (C=O) groups is 2. The third-order valence-electron chi connectivity index (χ3n) is 1.82. The van der Waals surface area contributed by atoms with E-state index >= 15 is 0 Å². The second-order valence-electron chi connectivity index (χ2n) is 3.11. The van der Waals surface area contributed by atoms with Crippen molar-refractivity contribution in [3.8, 4) is 0 Å². The highest BCUT2D eigenvalue weighted by Gasteiger charge is 2.28. The molecular weight excluding hydrogens is 290 g/mol. The van der Waals surface area contributed by atoms with Crippen molar-refractivity contribution in [1.82, 2.24) is 4.98 Å². The molecule has 92 valence electrons. The first kappa shape index (κ1) is 13.6. The first-order chi connectivity index (χ1) is 8.06. The molecule has 0 fully saturated rings. The molecule has 1 atom stereocenters. The molecule has 1 aromatic heterocycles. The molecule has 1 unspecified atom stereocenters. The molecule has 6 heteroatoms. The van der Waals surface area contributed by atoms with Crippen LogP contribution in [0, 0.1) is 0 Å². The van der Waals surface area contributed by atoms with Crippen LogP contribution in [0.4, 0.5) is 0 Å². The largest absolute Gasteiger partial charge is 0.463 e. The van der Waals surface area contributed by atoms with E-state index in [9.17, 15) is 9.59 Å². The molecule has 0 saturated heterocycles. The van der Waals surface area contributed by atoms with Gasteiger partial charge in [-0.25, -0.2) is 4.79 Å². The summed E-state index contributed by atoms with van der Waals surface area (Å²) in [5.41, 5.74) is 0.321. The topological polar surface area (TPSA) is 65.5 Å². The van der Waals surface area contributed by atoms with E-state index in [0.29, 0.717) is 10.2 Å². The number of nitrogens with zero attached hydrogens (tertiary/aromatic N) is 1. The van der Waals surface area contributed by atoms with Crippen LogP contribution >= 0.6 is 15.9 Å². The fraction of sp³-hybridized carbons (Fsp3) is 0.364. The molecule has 1 heterocycles. The van der Waals surface area contributed by atoms with Crippen LogP contribution in [-0.2, 0) is 19.1 Å². The van der Waals surface area contributed by atoms with Gasteiger partial charge < -0.3 is 9.47 Å². The van der Waals surface area contributed by atoms with Crippen LogP contribution in [0.3, 0.4) is 0 Å². The van der Waals surface area contributed by atoms with Crippen LogP contribution in [-0.4, -0.2) is 23.5 Å². The molecule has 1 rings (SSSR count). The van der Waals surface area contributed by atoms with E-state index in [0.717, 1.165) is 0 Å². The van der Waals surface area contributed by atoms with Crippen molar-refractivity contribution in [1.29, 1.82) is 0 Å². The normalized spacial score (nSPS) is 11.7. The van der Waals surface area contributed by atoms with E-state index in [1.54, 1.807) is 19.1 Å². The second kappa shape index (κ2) is 6.34. The first-order valence-electron chi connectivity index (χ1n) is 5.00. The maximum absolute atomic E-state index is 11.7. The molecule has 0 aliphatic heterocycles. The molecule has 0 aromatic carbocycles. The third kappa shape index (κ3) is 3.81. The maximum Gasteiger partial charge on any atom is 0.353 e. The fourth-order valence-electron chi connectivity index (χ4n) is 1.19. The van der Waals surface area contributed by atoms with Gasteiger partial charge in [-0.2, -0.15) is 0 Å². The minimum absolute atomic E-state index is 0.209. The number of carbonyl (C=O) groups excluding carboxylic acids is 2. The smallest absolute Gasteiger partial charge is 0.353 e. The average molecular weight is 302 g/mol. The summed E-state index contributed by atoms with van der Waals surface area (Å²) in [7, 11) is 0. The Hall–Kier alpha value is -1.43. The number of esters is 2. The van der Waals surface area contributed by atoms with Gasteiger partial charge in [-0.05, 0) is 35.0 Å². The molecule has 0 amide bonds. The van der Waals surface area contributed by atoms with Crippen molar-refractivity contribution >= 4 is 27.9 Å². The maximum atomic E-state index is 11.7. The van der Waals surface area contributed by atoms with Crippen LogP contribution in [0.25, 0.3) is 0 Å². The van der Waals surface area contributed by atoms with Crippen LogP contribution in [0.1, 0.15) is 25.6 Å². The summed E-state index contributed by atoms with van der Waals surface area (Å²) in [5.74, 6) is -1.21. The number of pyridine rings is 1.